The number of benzene rings is 2. The van der Waals surface area contributed by atoms with E-state index < -0.39 is 0 Å². The maximum absolute atomic E-state index is 13.3. The van der Waals surface area contributed by atoms with E-state index in [1.165, 1.54) is 10.6 Å². The molecular formula is C26H29N3O4. The summed E-state index contributed by atoms with van der Waals surface area (Å²) in [4.78, 5) is 39.9. The van der Waals surface area contributed by atoms with Crippen LogP contribution in [0.5, 0.6) is 5.75 Å². The van der Waals surface area contributed by atoms with Gasteiger partial charge in [0, 0.05) is 37.2 Å². The van der Waals surface area contributed by atoms with Crippen LogP contribution < -0.4 is 15.6 Å². The van der Waals surface area contributed by atoms with Gasteiger partial charge in [0.25, 0.3) is 17.4 Å². The van der Waals surface area contributed by atoms with Crippen molar-refractivity contribution in [3.63, 3.8) is 0 Å². The molecule has 33 heavy (non-hydrogen) atoms. The second-order valence-corrected chi connectivity index (χ2v) is 8.32. The molecule has 7 heteroatoms. The number of fused-ring (bicyclic) bond motifs is 1. The van der Waals surface area contributed by atoms with Crippen LogP contribution in [-0.4, -0.2) is 41.0 Å². The highest BCUT2D eigenvalue weighted by molar-refractivity contribution is 6.06. The maximum atomic E-state index is 13.3. The lowest BCUT2D eigenvalue weighted by atomic mass is 10.0. The number of aryl methyl sites for hydroxylation is 1. The topological polar surface area (TPSA) is 80.6 Å². The molecule has 1 aliphatic heterocycles. The fourth-order valence-corrected chi connectivity index (χ4v) is 4.33. The molecule has 2 amide bonds. The van der Waals surface area contributed by atoms with Crippen LogP contribution in [0, 0.1) is 0 Å². The molecule has 172 valence electrons. The number of aromatic nitrogens is 1. The molecule has 1 saturated heterocycles. The van der Waals surface area contributed by atoms with E-state index in [0.717, 1.165) is 31.5 Å². The molecule has 1 aromatic heterocycles. The monoisotopic (exact) mass is 447 g/mol. The smallest absolute Gasteiger partial charge is 0.260 e. The second-order valence-electron chi connectivity index (χ2n) is 8.32. The first kappa shape index (κ1) is 22.6. The average Bonchev–Trinajstić information content (AvgIpc) is 3.38. The number of carbonyl (C=O) groups is 2. The van der Waals surface area contributed by atoms with Crippen LogP contribution in [0.2, 0.25) is 0 Å². The zero-order valence-electron chi connectivity index (χ0n) is 19.0. The summed E-state index contributed by atoms with van der Waals surface area (Å²) in [6.45, 7) is 3.50. The molecule has 0 saturated carbocycles. The third-order valence-electron chi connectivity index (χ3n) is 6.22. The normalized spacial score (nSPS) is 14.3. The SMILES string of the molecule is CCC(NC(=O)c1cc(=O)n(C)c2ccccc12)c1ccccc1OCC(=O)N1CCCC1. The first-order valence-electron chi connectivity index (χ1n) is 11.4. The van der Waals surface area contributed by atoms with Gasteiger partial charge in [0.05, 0.1) is 17.1 Å². The Bertz CT molecular complexity index is 1230. The maximum Gasteiger partial charge on any atom is 0.260 e. The van der Waals surface area contributed by atoms with Crippen LogP contribution in [0.25, 0.3) is 10.9 Å². The molecule has 4 rings (SSSR count). The van der Waals surface area contributed by atoms with Crippen molar-refractivity contribution in [2.75, 3.05) is 19.7 Å². The van der Waals surface area contributed by atoms with E-state index in [1.807, 2.05) is 60.4 Å². The molecule has 3 aromatic rings. The predicted molar refractivity (Wildman–Crippen MR) is 127 cm³/mol. The Kier molecular flexibility index (Phi) is 6.77. The van der Waals surface area contributed by atoms with Gasteiger partial charge in [-0.3, -0.25) is 14.4 Å². The number of hydrogen-bond acceptors (Lipinski definition) is 4. The zero-order valence-corrected chi connectivity index (χ0v) is 19.0. The van der Waals surface area contributed by atoms with Crippen LogP contribution in [0.15, 0.2) is 59.4 Å². The quantitative estimate of drug-likeness (QED) is 0.602. The standard InChI is InChI=1S/C26H29N3O4/c1-3-21(19-11-5-7-13-23(19)33-17-25(31)29-14-8-9-15-29)27-26(32)20-16-24(30)28(2)22-12-6-4-10-18(20)22/h4-7,10-13,16,21H,3,8-9,14-15,17H2,1-2H3,(H,27,32). The minimum atomic E-state index is -0.335. The summed E-state index contributed by atoms with van der Waals surface area (Å²) in [6, 6.07) is 15.8. The summed E-state index contributed by atoms with van der Waals surface area (Å²) in [5.74, 6) is 0.232. The van der Waals surface area contributed by atoms with Crippen molar-refractivity contribution >= 4 is 22.7 Å². The molecule has 0 bridgehead atoms. The van der Waals surface area contributed by atoms with Gasteiger partial charge in [-0.2, -0.15) is 0 Å². The van der Waals surface area contributed by atoms with Crippen molar-refractivity contribution < 1.29 is 14.3 Å². The van der Waals surface area contributed by atoms with Crippen LogP contribution in [-0.2, 0) is 11.8 Å². The highest BCUT2D eigenvalue weighted by Crippen LogP contribution is 2.28. The van der Waals surface area contributed by atoms with Gasteiger partial charge >= 0.3 is 0 Å². The van der Waals surface area contributed by atoms with Crippen molar-refractivity contribution in [2.45, 2.75) is 32.2 Å². The Balaban J connectivity index is 1.56. The number of likely N-dealkylation sites (tertiary alicyclic amines) is 1. The summed E-state index contributed by atoms with van der Waals surface area (Å²) in [6.07, 6.45) is 2.68. The number of amides is 2. The molecule has 1 N–H and O–H groups in total. The number of carbonyl (C=O) groups excluding carboxylic acids is 2. The summed E-state index contributed by atoms with van der Waals surface area (Å²) in [7, 11) is 1.69. The molecule has 1 aliphatic rings. The van der Waals surface area contributed by atoms with E-state index in [1.54, 1.807) is 7.05 Å². The lowest BCUT2D eigenvalue weighted by Crippen LogP contribution is -2.33. The Hall–Kier alpha value is -3.61. The molecule has 2 heterocycles. The third-order valence-corrected chi connectivity index (χ3v) is 6.22. The van der Waals surface area contributed by atoms with E-state index in [4.69, 9.17) is 4.74 Å². The van der Waals surface area contributed by atoms with Gasteiger partial charge in [0.2, 0.25) is 0 Å². The Morgan fingerprint density at radius 3 is 2.52 bits per heavy atom. The van der Waals surface area contributed by atoms with Gasteiger partial charge in [-0.05, 0) is 31.4 Å². The molecule has 1 unspecified atom stereocenters. The molecule has 2 aromatic carbocycles. The van der Waals surface area contributed by atoms with Crippen LogP contribution >= 0.6 is 0 Å². The van der Waals surface area contributed by atoms with E-state index in [9.17, 15) is 14.4 Å². The van der Waals surface area contributed by atoms with Crippen molar-refractivity contribution in [1.29, 1.82) is 0 Å². The van der Waals surface area contributed by atoms with Crippen molar-refractivity contribution in [2.24, 2.45) is 7.05 Å². The van der Waals surface area contributed by atoms with Gasteiger partial charge in [0.1, 0.15) is 5.75 Å². The van der Waals surface area contributed by atoms with E-state index in [2.05, 4.69) is 5.32 Å². The molecule has 1 fully saturated rings. The summed E-state index contributed by atoms with van der Waals surface area (Å²) < 4.78 is 7.42. The average molecular weight is 448 g/mol. The van der Waals surface area contributed by atoms with Crippen molar-refractivity contribution in [1.82, 2.24) is 14.8 Å². The van der Waals surface area contributed by atoms with Crippen molar-refractivity contribution in [3.8, 4) is 5.75 Å². The summed E-state index contributed by atoms with van der Waals surface area (Å²) in [5.41, 5.74) is 1.61. The summed E-state index contributed by atoms with van der Waals surface area (Å²) in [5, 5.41) is 3.77. The fourth-order valence-electron chi connectivity index (χ4n) is 4.33. The van der Waals surface area contributed by atoms with Crippen molar-refractivity contribution in [3.05, 3.63) is 76.1 Å². The molecule has 7 nitrogen and oxygen atoms in total. The Morgan fingerprint density at radius 2 is 1.76 bits per heavy atom. The zero-order chi connectivity index (χ0) is 23.4. The highest BCUT2D eigenvalue weighted by Gasteiger charge is 2.22. The van der Waals surface area contributed by atoms with E-state index >= 15 is 0 Å². The fraction of sp³-hybridized carbons (Fsp3) is 0.346. The van der Waals surface area contributed by atoms with Gasteiger partial charge in [-0.15, -0.1) is 0 Å². The van der Waals surface area contributed by atoms with Gasteiger partial charge in [-0.25, -0.2) is 0 Å². The number of hydrogen-bond donors (Lipinski definition) is 1. The number of nitrogens with zero attached hydrogens (tertiary/aromatic N) is 2. The second kappa shape index (κ2) is 9.90. The van der Waals surface area contributed by atoms with Crippen LogP contribution in [0.4, 0.5) is 0 Å². The minimum absolute atomic E-state index is 0.0222. The first-order chi connectivity index (χ1) is 16.0. The molecular weight excluding hydrogens is 418 g/mol. The number of ether oxygens (including phenoxy) is 1. The first-order valence-corrected chi connectivity index (χ1v) is 11.4. The van der Waals surface area contributed by atoms with E-state index in [-0.39, 0.29) is 30.0 Å². The van der Waals surface area contributed by atoms with E-state index in [0.29, 0.717) is 28.6 Å². The third kappa shape index (κ3) is 4.77. The number of pyridine rings is 1. The van der Waals surface area contributed by atoms with Crippen LogP contribution in [0.3, 0.4) is 0 Å². The number of para-hydroxylation sites is 2. The molecule has 0 spiro atoms. The van der Waals surface area contributed by atoms with Crippen LogP contribution in [0.1, 0.15) is 48.1 Å². The molecule has 1 atom stereocenters. The number of nitrogens with one attached hydrogen (secondary N) is 1. The summed E-state index contributed by atoms with van der Waals surface area (Å²) >= 11 is 0. The molecule has 0 aliphatic carbocycles. The number of rotatable bonds is 7. The lowest BCUT2D eigenvalue weighted by Gasteiger charge is -2.22. The predicted octanol–water partition coefficient (Wildman–Crippen LogP) is 3.42. The Labute approximate surface area is 193 Å². The Morgan fingerprint density at radius 1 is 1.06 bits per heavy atom. The molecule has 0 radical (unpaired) electrons. The minimum Gasteiger partial charge on any atom is -0.483 e. The van der Waals surface area contributed by atoms with Gasteiger partial charge < -0.3 is 19.5 Å². The van der Waals surface area contributed by atoms with Gasteiger partial charge in [0.15, 0.2) is 6.61 Å². The highest BCUT2D eigenvalue weighted by atomic mass is 16.5. The van der Waals surface area contributed by atoms with Gasteiger partial charge in [-0.1, -0.05) is 43.3 Å². The lowest BCUT2D eigenvalue weighted by molar-refractivity contribution is -0.132. The largest absolute Gasteiger partial charge is 0.483 e.